The molecule has 1 aliphatic heterocycles. The maximum Gasteiger partial charge on any atom is 0.311 e. The number of carboxylic acid groups (broad SMARTS) is 1. The summed E-state index contributed by atoms with van der Waals surface area (Å²) >= 11 is 0. The molecule has 0 radical (unpaired) electrons. The van der Waals surface area contributed by atoms with E-state index < -0.39 is 49.4 Å². The van der Waals surface area contributed by atoms with Crippen molar-refractivity contribution in [1.82, 2.24) is 9.62 Å². The second-order valence-corrected chi connectivity index (χ2v) is 8.61. The minimum atomic E-state index is -4.27. The van der Waals surface area contributed by atoms with Gasteiger partial charge in [-0.1, -0.05) is 18.6 Å². The maximum absolute atomic E-state index is 12.4. The first kappa shape index (κ1) is 19.2. The van der Waals surface area contributed by atoms with Gasteiger partial charge in [-0.3, -0.25) is 19.7 Å². The van der Waals surface area contributed by atoms with Crippen LogP contribution >= 0.6 is 0 Å². The number of hydrogen-bond donors (Lipinski definition) is 2. The predicted molar refractivity (Wildman–Crippen MR) is 92.3 cm³/mol. The van der Waals surface area contributed by atoms with Crippen LogP contribution in [0.25, 0.3) is 0 Å². The Morgan fingerprint density at radius 3 is 2.70 bits per heavy atom. The molecule has 1 aliphatic carbocycles. The number of likely N-dealkylation sites (tertiary alicyclic amines) is 1. The second kappa shape index (κ2) is 6.89. The van der Waals surface area contributed by atoms with Crippen molar-refractivity contribution in [2.75, 3.05) is 19.6 Å². The molecule has 11 heteroatoms. The molecular formula is C16H19N3O7S. The van der Waals surface area contributed by atoms with E-state index in [9.17, 15) is 33.2 Å². The molecular weight excluding hydrogens is 378 g/mol. The lowest BCUT2D eigenvalue weighted by molar-refractivity contribution is -0.387. The molecule has 0 bridgehead atoms. The maximum atomic E-state index is 12.4. The van der Waals surface area contributed by atoms with Crippen LogP contribution in [-0.2, 0) is 19.6 Å². The summed E-state index contributed by atoms with van der Waals surface area (Å²) in [5.74, 6) is -1.61. The standard InChI is InChI=1S/C16H19N3O7S/c20-14(18-9-11-4-3-7-16(11,10-18)15(21)22)8-17-27(25,26)13-6-2-1-5-12(13)19(23)24/h1-2,5-6,11,17H,3-4,7-10H2,(H,21,22)/t11-,16+/m0/s1. The van der Waals surface area contributed by atoms with E-state index in [1.807, 2.05) is 0 Å². The fourth-order valence-corrected chi connectivity index (χ4v) is 5.16. The molecule has 27 heavy (non-hydrogen) atoms. The minimum Gasteiger partial charge on any atom is -0.481 e. The largest absolute Gasteiger partial charge is 0.481 e. The van der Waals surface area contributed by atoms with Gasteiger partial charge < -0.3 is 10.0 Å². The third-order valence-electron chi connectivity index (χ3n) is 5.41. The van der Waals surface area contributed by atoms with E-state index in [4.69, 9.17) is 0 Å². The average Bonchev–Trinajstić information content (AvgIpc) is 3.18. The Morgan fingerprint density at radius 1 is 1.37 bits per heavy atom. The van der Waals surface area contributed by atoms with Crippen molar-refractivity contribution >= 4 is 27.6 Å². The van der Waals surface area contributed by atoms with Crippen molar-refractivity contribution in [1.29, 1.82) is 0 Å². The van der Waals surface area contributed by atoms with Gasteiger partial charge in [0.1, 0.15) is 0 Å². The molecule has 1 heterocycles. The van der Waals surface area contributed by atoms with Crippen LogP contribution in [0.4, 0.5) is 5.69 Å². The Balaban J connectivity index is 1.70. The number of carbonyl (C=O) groups is 2. The van der Waals surface area contributed by atoms with E-state index in [1.54, 1.807) is 0 Å². The fourth-order valence-electron chi connectivity index (χ4n) is 4.01. The van der Waals surface area contributed by atoms with Gasteiger partial charge >= 0.3 is 5.97 Å². The minimum absolute atomic E-state index is 0.0546. The van der Waals surface area contributed by atoms with E-state index in [0.29, 0.717) is 6.42 Å². The highest BCUT2D eigenvalue weighted by Gasteiger charge is 2.55. The number of fused-ring (bicyclic) bond motifs is 1. The smallest absolute Gasteiger partial charge is 0.311 e. The number of nitrogens with zero attached hydrogens (tertiary/aromatic N) is 2. The van der Waals surface area contributed by atoms with E-state index in [0.717, 1.165) is 25.0 Å². The Hall–Kier alpha value is -2.53. The average molecular weight is 397 g/mol. The van der Waals surface area contributed by atoms with Gasteiger partial charge in [0.15, 0.2) is 4.90 Å². The zero-order valence-electron chi connectivity index (χ0n) is 14.3. The number of carboxylic acids is 1. The van der Waals surface area contributed by atoms with Crippen LogP contribution in [0.3, 0.4) is 0 Å². The molecule has 2 fully saturated rings. The molecule has 0 unspecified atom stereocenters. The monoisotopic (exact) mass is 397 g/mol. The highest BCUT2D eigenvalue weighted by Crippen LogP contribution is 2.48. The van der Waals surface area contributed by atoms with Crippen molar-refractivity contribution in [2.24, 2.45) is 11.3 Å². The van der Waals surface area contributed by atoms with Gasteiger partial charge in [-0.25, -0.2) is 13.1 Å². The SMILES string of the molecule is O=C(CNS(=O)(=O)c1ccccc1[N+](=O)[O-])N1C[C@@H]2CCC[C@@]2(C(=O)O)C1. The van der Waals surface area contributed by atoms with Crippen LogP contribution in [-0.4, -0.2) is 54.9 Å². The number of nitrogens with one attached hydrogen (secondary N) is 1. The van der Waals surface area contributed by atoms with Crippen molar-refractivity contribution in [3.63, 3.8) is 0 Å². The molecule has 146 valence electrons. The molecule has 1 aromatic carbocycles. The zero-order valence-corrected chi connectivity index (χ0v) is 15.1. The van der Waals surface area contributed by atoms with Gasteiger partial charge in [0.05, 0.1) is 16.9 Å². The van der Waals surface area contributed by atoms with Crippen molar-refractivity contribution in [3.05, 3.63) is 34.4 Å². The highest BCUT2D eigenvalue weighted by atomic mass is 32.2. The number of hydrogen-bond acceptors (Lipinski definition) is 6. The van der Waals surface area contributed by atoms with Gasteiger partial charge in [0.2, 0.25) is 15.9 Å². The summed E-state index contributed by atoms with van der Waals surface area (Å²) in [7, 11) is -4.27. The normalized spacial score (nSPS) is 24.6. The molecule has 3 rings (SSSR count). The molecule has 1 amide bonds. The first-order valence-corrected chi connectivity index (χ1v) is 9.90. The lowest BCUT2D eigenvalue weighted by Crippen LogP contribution is -2.41. The molecule has 2 atom stereocenters. The van der Waals surface area contributed by atoms with Gasteiger partial charge in [-0.2, -0.15) is 0 Å². The first-order chi connectivity index (χ1) is 12.7. The molecule has 0 aromatic heterocycles. The molecule has 1 aromatic rings. The quantitative estimate of drug-likeness (QED) is 0.527. The Kier molecular flexibility index (Phi) is 4.91. The number of benzene rings is 1. The predicted octanol–water partition coefficient (Wildman–Crippen LogP) is 0.586. The number of aliphatic carboxylic acids is 1. The van der Waals surface area contributed by atoms with Crippen LogP contribution in [0.2, 0.25) is 0 Å². The Bertz CT molecular complexity index is 901. The summed E-state index contributed by atoms with van der Waals surface area (Å²) in [6.45, 7) is -0.256. The van der Waals surface area contributed by atoms with Crippen LogP contribution < -0.4 is 4.72 Å². The van der Waals surface area contributed by atoms with Crippen LogP contribution in [0.5, 0.6) is 0 Å². The lowest BCUT2D eigenvalue weighted by atomic mass is 9.81. The van der Waals surface area contributed by atoms with Gasteiger partial charge in [0.25, 0.3) is 5.69 Å². The van der Waals surface area contributed by atoms with E-state index in [1.165, 1.54) is 17.0 Å². The number of rotatable bonds is 6. The first-order valence-electron chi connectivity index (χ1n) is 8.41. The number of amides is 1. The summed E-state index contributed by atoms with van der Waals surface area (Å²) in [6, 6.07) is 4.84. The fraction of sp³-hybridized carbons (Fsp3) is 0.500. The molecule has 1 saturated carbocycles. The van der Waals surface area contributed by atoms with Crippen molar-refractivity contribution < 1.29 is 28.0 Å². The van der Waals surface area contributed by atoms with Crippen molar-refractivity contribution in [3.8, 4) is 0 Å². The lowest BCUT2D eigenvalue weighted by Gasteiger charge is -2.23. The topological polar surface area (TPSA) is 147 Å². The molecule has 10 nitrogen and oxygen atoms in total. The number of nitro benzene ring substituents is 1. The summed E-state index contributed by atoms with van der Waals surface area (Å²) in [6.07, 6.45) is 2.01. The number of nitro groups is 1. The van der Waals surface area contributed by atoms with Gasteiger partial charge in [0, 0.05) is 19.2 Å². The number of para-hydroxylation sites is 1. The van der Waals surface area contributed by atoms with Crippen LogP contribution in [0.1, 0.15) is 19.3 Å². The Labute approximate surface area is 155 Å². The third-order valence-corrected chi connectivity index (χ3v) is 6.86. The molecule has 0 spiro atoms. The van der Waals surface area contributed by atoms with Crippen LogP contribution in [0.15, 0.2) is 29.2 Å². The van der Waals surface area contributed by atoms with E-state index in [2.05, 4.69) is 4.72 Å². The molecule has 1 saturated heterocycles. The summed E-state index contributed by atoms with van der Waals surface area (Å²) < 4.78 is 26.8. The highest BCUT2D eigenvalue weighted by molar-refractivity contribution is 7.89. The molecule has 2 aliphatic rings. The molecule has 2 N–H and O–H groups in total. The summed E-state index contributed by atoms with van der Waals surface area (Å²) in [5, 5.41) is 20.6. The number of sulfonamides is 1. The van der Waals surface area contributed by atoms with E-state index in [-0.39, 0.29) is 19.0 Å². The second-order valence-electron chi connectivity index (χ2n) is 6.87. The van der Waals surface area contributed by atoms with E-state index >= 15 is 0 Å². The van der Waals surface area contributed by atoms with Crippen molar-refractivity contribution in [2.45, 2.75) is 24.2 Å². The zero-order chi connectivity index (χ0) is 19.8. The summed E-state index contributed by atoms with van der Waals surface area (Å²) in [4.78, 5) is 35.1. The number of carbonyl (C=O) groups excluding carboxylic acids is 1. The third kappa shape index (κ3) is 3.39. The van der Waals surface area contributed by atoms with Gasteiger partial charge in [-0.15, -0.1) is 0 Å². The van der Waals surface area contributed by atoms with Gasteiger partial charge in [-0.05, 0) is 24.8 Å². The Morgan fingerprint density at radius 2 is 2.07 bits per heavy atom. The van der Waals surface area contributed by atoms with Crippen LogP contribution in [0, 0.1) is 21.4 Å². The summed E-state index contributed by atoms with van der Waals surface area (Å²) in [5.41, 5.74) is -1.54.